The molecule has 1 aliphatic heterocycles. The van der Waals surface area contributed by atoms with Gasteiger partial charge in [-0.1, -0.05) is 25.1 Å². The Balaban J connectivity index is 1.57. The van der Waals surface area contributed by atoms with Crippen LogP contribution in [0.3, 0.4) is 0 Å². The fourth-order valence-corrected chi connectivity index (χ4v) is 3.84. The van der Waals surface area contributed by atoms with E-state index in [1.54, 1.807) is 6.92 Å². The van der Waals surface area contributed by atoms with Crippen LogP contribution in [0.15, 0.2) is 52.9 Å². The van der Waals surface area contributed by atoms with Gasteiger partial charge in [-0.05, 0) is 42.8 Å². The number of nitrogens with zero attached hydrogens (tertiary/aromatic N) is 1. The molecule has 0 saturated carbocycles. The number of hydrogen-bond donors (Lipinski definition) is 1. The van der Waals surface area contributed by atoms with Crippen LogP contribution in [0.4, 0.5) is 5.69 Å². The van der Waals surface area contributed by atoms with Crippen LogP contribution in [-0.4, -0.2) is 36.9 Å². The van der Waals surface area contributed by atoms with Gasteiger partial charge in [-0.2, -0.15) is 0 Å². The van der Waals surface area contributed by atoms with Crippen molar-refractivity contribution in [2.24, 2.45) is 0 Å². The summed E-state index contributed by atoms with van der Waals surface area (Å²) in [5.74, 6) is 0.544. The van der Waals surface area contributed by atoms with Crippen LogP contribution in [0.25, 0.3) is 11.0 Å². The predicted molar refractivity (Wildman–Crippen MR) is 111 cm³/mol. The van der Waals surface area contributed by atoms with E-state index >= 15 is 0 Å². The van der Waals surface area contributed by atoms with Gasteiger partial charge in [0.1, 0.15) is 23.7 Å². The number of hydrogen-bond acceptors (Lipinski definition) is 5. The molecule has 0 aliphatic carbocycles. The van der Waals surface area contributed by atoms with Crippen LogP contribution in [-0.2, 0) is 16.1 Å². The molecule has 2 aromatic carbocycles. The zero-order valence-electron chi connectivity index (χ0n) is 16.6. The van der Waals surface area contributed by atoms with Crippen LogP contribution in [0.2, 0.25) is 0 Å². The highest BCUT2D eigenvalue weighted by Gasteiger charge is 2.27. The van der Waals surface area contributed by atoms with E-state index in [4.69, 9.17) is 13.9 Å². The molecule has 0 bridgehead atoms. The fourth-order valence-electron chi connectivity index (χ4n) is 3.84. The zero-order valence-corrected chi connectivity index (χ0v) is 16.6. The third-order valence-corrected chi connectivity index (χ3v) is 5.33. The smallest absolute Gasteiger partial charge is 0.333 e. The van der Waals surface area contributed by atoms with Gasteiger partial charge < -0.3 is 23.9 Å². The van der Waals surface area contributed by atoms with Crippen molar-refractivity contribution < 1.29 is 23.8 Å². The van der Waals surface area contributed by atoms with Gasteiger partial charge in [0.25, 0.3) is 0 Å². The monoisotopic (exact) mass is 395 g/mol. The van der Waals surface area contributed by atoms with Gasteiger partial charge in [-0.15, -0.1) is 0 Å². The molecule has 6 nitrogen and oxygen atoms in total. The SMILES string of the molecule is CCOC(C(=O)O)C(C)c1ccc2oc(CN3CCOc4ccccc43)cc2c1. The van der Waals surface area contributed by atoms with Gasteiger partial charge >= 0.3 is 5.97 Å². The Morgan fingerprint density at radius 2 is 2.07 bits per heavy atom. The number of fused-ring (bicyclic) bond motifs is 2. The second kappa shape index (κ2) is 8.17. The van der Waals surface area contributed by atoms with E-state index in [1.165, 1.54) is 0 Å². The molecule has 1 aliphatic rings. The molecule has 1 N–H and O–H groups in total. The maximum Gasteiger partial charge on any atom is 0.333 e. The number of furan rings is 1. The largest absolute Gasteiger partial charge is 0.490 e. The van der Waals surface area contributed by atoms with Gasteiger partial charge in [0.05, 0.1) is 18.8 Å². The molecule has 1 aromatic heterocycles. The van der Waals surface area contributed by atoms with Crippen molar-refractivity contribution in [3.63, 3.8) is 0 Å². The second-order valence-corrected chi connectivity index (χ2v) is 7.25. The molecule has 2 atom stereocenters. The number of para-hydroxylation sites is 2. The normalized spacial score (nSPS) is 15.6. The number of rotatable bonds is 7. The second-order valence-electron chi connectivity index (χ2n) is 7.25. The minimum absolute atomic E-state index is 0.263. The van der Waals surface area contributed by atoms with Crippen molar-refractivity contribution in [2.75, 3.05) is 24.7 Å². The summed E-state index contributed by atoms with van der Waals surface area (Å²) < 4.78 is 17.2. The van der Waals surface area contributed by atoms with E-state index in [1.807, 2.05) is 49.4 Å². The molecular weight excluding hydrogens is 370 g/mol. The lowest BCUT2D eigenvalue weighted by atomic mass is 9.94. The molecule has 2 unspecified atom stereocenters. The van der Waals surface area contributed by atoms with Crippen molar-refractivity contribution in [2.45, 2.75) is 32.4 Å². The van der Waals surface area contributed by atoms with Crippen molar-refractivity contribution in [3.05, 3.63) is 59.9 Å². The summed E-state index contributed by atoms with van der Waals surface area (Å²) in [7, 11) is 0. The van der Waals surface area contributed by atoms with E-state index < -0.39 is 12.1 Å². The lowest BCUT2D eigenvalue weighted by Crippen LogP contribution is -2.31. The maximum atomic E-state index is 11.5. The van der Waals surface area contributed by atoms with Gasteiger partial charge in [-0.3, -0.25) is 0 Å². The number of aliphatic carboxylic acids is 1. The first-order chi connectivity index (χ1) is 14.1. The van der Waals surface area contributed by atoms with Gasteiger partial charge in [-0.25, -0.2) is 4.79 Å². The highest BCUT2D eigenvalue weighted by atomic mass is 16.5. The number of carboxylic acids is 1. The van der Waals surface area contributed by atoms with Crippen LogP contribution >= 0.6 is 0 Å². The van der Waals surface area contributed by atoms with Crippen molar-refractivity contribution in [1.29, 1.82) is 0 Å². The van der Waals surface area contributed by atoms with Crippen molar-refractivity contribution in [3.8, 4) is 5.75 Å². The Labute approximate surface area is 169 Å². The van der Waals surface area contributed by atoms with E-state index in [0.29, 0.717) is 19.8 Å². The number of carbonyl (C=O) groups is 1. The Hall–Kier alpha value is -2.99. The summed E-state index contributed by atoms with van der Waals surface area (Å²) in [6.07, 6.45) is -0.867. The molecule has 0 spiro atoms. The Morgan fingerprint density at radius 3 is 2.86 bits per heavy atom. The predicted octanol–water partition coefficient (Wildman–Crippen LogP) is 4.43. The summed E-state index contributed by atoms with van der Waals surface area (Å²) in [4.78, 5) is 13.8. The third kappa shape index (κ3) is 3.93. The molecule has 0 fully saturated rings. The highest BCUT2D eigenvalue weighted by Crippen LogP contribution is 2.33. The highest BCUT2D eigenvalue weighted by molar-refractivity contribution is 5.80. The number of anilines is 1. The standard InChI is InChI=1S/C23H25NO5/c1-3-27-22(23(25)26)15(2)16-8-9-20-17(12-16)13-18(29-20)14-24-10-11-28-21-7-5-4-6-19(21)24/h4-9,12-13,15,22H,3,10-11,14H2,1-2H3,(H,25,26). The molecule has 3 aromatic rings. The lowest BCUT2D eigenvalue weighted by Gasteiger charge is -2.30. The van der Waals surface area contributed by atoms with E-state index in [0.717, 1.165) is 40.3 Å². The minimum Gasteiger partial charge on any atom is -0.490 e. The Bertz CT molecular complexity index is 1010. The average molecular weight is 395 g/mol. The molecule has 6 heteroatoms. The van der Waals surface area contributed by atoms with Gasteiger partial charge in [0.15, 0.2) is 6.10 Å². The Kier molecular flexibility index (Phi) is 5.45. The summed E-state index contributed by atoms with van der Waals surface area (Å²) in [5.41, 5.74) is 2.78. The van der Waals surface area contributed by atoms with Gasteiger partial charge in [0.2, 0.25) is 0 Å². The van der Waals surface area contributed by atoms with Crippen molar-refractivity contribution >= 4 is 22.6 Å². The van der Waals surface area contributed by atoms with E-state index in [-0.39, 0.29) is 5.92 Å². The first-order valence-corrected chi connectivity index (χ1v) is 9.90. The van der Waals surface area contributed by atoms with E-state index in [9.17, 15) is 9.90 Å². The number of carboxylic acid groups (broad SMARTS) is 1. The topological polar surface area (TPSA) is 72.1 Å². The third-order valence-electron chi connectivity index (χ3n) is 5.33. The maximum absolute atomic E-state index is 11.5. The molecule has 0 amide bonds. The average Bonchev–Trinajstić information content (AvgIpc) is 3.13. The summed E-state index contributed by atoms with van der Waals surface area (Å²) in [5, 5.41) is 10.4. The Morgan fingerprint density at radius 1 is 1.24 bits per heavy atom. The first-order valence-electron chi connectivity index (χ1n) is 9.90. The molecule has 0 radical (unpaired) electrons. The molecule has 2 heterocycles. The summed E-state index contributed by atoms with van der Waals surface area (Å²) in [6.45, 7) is 6.13. The first kappa shape index (κ1) is 19.3. The van der Waals surface area contributed by atoms with Crippen LogP contribution in [0.1, 0.15) is 31.1 Å². The molecule has 4 rings (SSSR count). The van der Waals surface area contributed by atoms with Crippen LogP contribution < -0.4 is 9.64 Å². The summed E-state index contributed by atoms with van der Waals surface area (Å²) in [6, 6.07) is 15.8. The van der Waals surface area contributed by atoms with Crippen LogP contribution in [0, 0.1) is 0 Å². The van der Waals surface area contributed by atoms with E-state index in [2.05, 4.69) is 11.0 Å². The summed E-state index contributed by atoms with van der Waals surface area (Å²) >= 11 is 0. The molecule has 0 saturated heterocycles. The zero-order chi connectivity index (χ0) is 20.4. The van der Waals surface area contributed by atoms with Crippen molar-refractivity contribution in [1.82, 2.24) is 0 Å². The number of ether oxygens (including phenoxy) is 2. The fraction of sp³-hybridized carbons (Fsp3) is 0.348. The van der Waals surface area contributed by atoms with Crippen LogP contribution in [0.5, 0.6) is 5.75 Å². The molecule has 29 heavy (non-hydrogen) atoms. The quantitative estimate of drug-likeness (QED) is 0.638. The van der Waals surface area contributed by atoms with Gasteiger partial charge in [0, 0.05) is 17.9 Å². The lowest BCUT2D eigenvalue weighted by molar-refractivity contribution is -0.151. The minimum atomic E-state index is -0.946. The number of benzene rings is 2. The molecular formula is C23H25NO5. The molecule has 152 valence electrons.